The molecular weight excluding hydrogens is 533 g/mol. The van der Waals surface area contributed by atoms with Crippen molar-refractivity contribution in [1.29, 1.82) is 0 Å². The van der Waals surface area contributed by atoms with Crippen LogP contribution in [0, 0.1) is 11.7 Å². The first-order chi connectivity index (χ1) is 19.9. The Kier molecular flexibility index (Phi) is 8.85. The second kappa shape index (κ2) is 12.9. The van der Waals surface area contributed by atoms with Gasteiger partial charge in [-0.05, 0) is 65.6 Å². The molecule has 0 aliphatic heterocycles. The van der Waals surface area contributed by atoms with Gasteiger partial charge >= 0.3 is 0 Å². The summed E-state index contributed by atoms with van der Waals surface area (Å²) in [5, 5.41) is 6.87. The number of thioether (sulfide) groups is 1. The molecule has 7 heteroatoms. The van der Waals surface area contributed by atoms with E-state index in [1.54, 1.807) is 23.9 Å². The van der Waals surface area contributed by atoms with Crippen LogP contribution in [0.15, 0.2) is 108 Å². The quantitative estimate of drug-likeness (QED) is 0.170. The van der Waals surface area contributed by atoms with Crippen LogP contribution < -0.4 is 10.6 Å². The summed E-state index contributed by atoms with van der Waals surface area (Å²) in [5.74, 6) is 0.402. The van der Waals surface area contributed by atoms with E-state index in [2.05, 4.69) is 22.8 Å². The summed E-state index contributed by atoms with van der Waals surface area (Å²) in [6.07, 6.45) is 0. The Balaban J connectivity index is 1.40. The van der Waals surface area contributed by atoms with Gasteiger partial charge < -0.3 is 15.2 Å². The zero-order valence-corrected chi connectivity index (χ0v) is 23.9. The molecular formula is C34H32FN3O2S. The van der Waals surface area contributed by atoms with Crippen molar-refractivity contribution in [3.05, 3.63) is 131 Å². The van der Waals surface area contributed by atoms with Crippen molar-refractivity contribution >= 4 is 40.2 Å². The molecule has 0 unspecified atom stereocenters. The number of aromatic nitrogens is 1. The summed E-state index contributed by atoms with van der Waals surface area (Å²) >= 11 is 1.63. The van der Waals surface area contributed by atoms with Crippen LogP contribution in [0.4, 0.5) is 10.1 Å². The maximum Gasteiger partial charge on any atom is 0.267 e. The Bertz CT molecular complexity index is 1660. The first kappa shape index (κ1) is 28.2. The van der Waals surface area contributed by atoms with Gasteiger partial charge in [-0.1, -0.05) is 68.4 Å². The maximum atomic E-state index is 13.5. The van der Waals surface area contributed by atoms with E-state index >= 15 is 0 Å². The van der Waals surface area contributed by atoms with Crippen molar-refractivity contribution in [3.8, 4) is 0 Å². The zero-order valence-electron chi connectivity index (χ0n) is 23.1. The normalized spacial score (nSPS) is 11.1. The predicted molar refractivity (Wildman–Crippen MR) is 165 cm³/mol. The second-order valence-electron chi connectivity index (χ2n) is 10.3. The van der Waals surface area contributed by atoms with Crippen LogP contribution >= 0.6 is 11.8 Å². The fraction of sp³-hybridized carbons (Fsp3) is 0.176. The number of nitrogens with one attached hydrogen (secondary N) is 2. The van der Waals surface area contributed by atoms with E-state index in [9.17, 15) is 14.0 Å². The average Bonchev–Trinajstić information content (AvgIpc) is 3.34. The number of halogens is 1. The number of amides is 2. The third-order valence-corrected chi connectivity index (χ3v) is 7.83. The molecule has 0 atom stereocenters. The molecule has 0 bridgehead atoms. The summed E-state index contributed by atoms with van der Waals surface area (Å²) in [4.78, 5) is 27.4. The molecule has 4 aromatic carbocycles. The molecule has 0 aliphatic carbocycles. The highest BCUT2D eigenvalue weighted by molar-refractivity contribution is 7.98. The molecule has 0 fully saturated rings. The van der Waals surface area contributed by atoms with Gasteiger partial charge in [-0.15, -0.1) is 11.8 Å². The lowest BCUT2D eigenvalue weighted by Crippen LogP contribution is -2.29. The Hall–Kier alpha value is -4.36. The minimum absolute atomic E-state index is 0.174. The first-order valence-electron chi connectivity index (χ1n) is 13.6. The van der Waals surface area contributed by atoms with Gasteiger partial charge in [0.15, 0.2) is 0 Å². The number of anilines is 1. The number of rotatable bonds is 10. The van der Waals surface area contributed by atoms with Crippen LogP contribution in [0.1, 0.15) is 45.8 Å². The van der Waals surface area contributed by atoms with Crippen molar-refractivity contribution in [3.63, 3.8) is 0 Å². The van der Waals surface area contributed by atoms with Gasteiger partial charge in [-0.3, -0.25) is 9.59 Å². The van der Waals surface area contributed by atoms with Gasteiger partial charge in [0.25, 0.3) is 11.8 Å². The molecule has 5 rings (SSSR count). The first-order valence-corrected chi connectivity index (χ1v) is 14.6. The van der Waals surface area contributed by atoms with E-state index in [0.29, 0.717) is 36.0 Å². The fourth-order valence-electron chi connectivity index (χ4n) is 4.58. The highest BCUT2D eigenvalue weighted by Gasteiger charge is 2.18. The minimum atomic E-state index is -0.304. The highest BCUT2D eigenvalue weighted by Crippen LogP contribution is 2.29. The molecule has 2 N–H and O–H groups in total. The molecule has 0 spiro atoms. The SMILES string of the molecule is CC(C)CNC(=O)c1cc2cc(NC(=O)c3ccccc3SCc3ccccc3)ccc2n1Cc1ccc(F)cc1. The number of fused-ring (bicyclic) bond motifs is 1. The molecule has 41 heavy (non-hydrogen) atoms. The van der Waals surface area contributed by atoms with Gasteiger partial charge in [0.2, 0.25) is 0 Å². The van der Waals surface area contributed by atoms with E-state index in [1.807, 2.05) is 85.1 Å². The van der Waals surface area contributed by atoms with Crippen LogP contribution in [-0.4, -0.2) is 22.9 Å². The van der Waals surface area contributed by atoms with E-state index < -0.39 is 0 Å². The van der Waals surface area contributed by atoms with E-state index in [4.69, 9.17) is 0 Å². The van der Waals surface area contributed by atoms with Crippen molar-refractivity contribution in [2.75, 3.05) is 11.9 Å². The average molecular weight is 566 g/mol. The van der Waals surface area contributed by atoms with E-state index in [-0.39, 0.29) is 17.6 Å². The Morgan fingerprint density at radius 2 is 1.56 bits per heavy atom. The lowest BCUT2D eigenvalue weighted by atomic mass is 10.2. The van der Waals surface area contributed by atoms with Gasteiger partial charge in [0, 0.05) is 40.3 Å². The van der Waals surface area contributed by atoms with Gasteiger partial charge in [-0.2, -0.15) is 0 Å². The standard InChI is InChI=1S/C34H32FN3O2S/c1-23(2)20-36-34(40)31-19-26-18-28(16-17-30(26)38(31)21-24-12-14-27(35)15-13-24)37-33(39)29-10-6-7-11-32(29)41-22-25-8-4-3-5-9-25/h3-19,23H,20-22H2,1-2H3,(H,36,40)(H,37,39). The zero-order chi connectivity index (χ0) is 28.8. The minimum Gasteiger partial charge on any atom is -0.351 e. The number of benzene rings is 4. The lowest BCUT2D eigenvalue weighted by molar-refractivity contribution is 0.0940. The van der Waals surface area contributed by atoms with Crippen molar-refractivity contribution in [1.82, 2.24) is 9.88 Å². The summed E-state index contributed by atoms with van der Waals surface area (Å²) in [6.45, 7) is 5.05. The van der Waals surface area contributed by atoms with Crippen molar-refractivity contribution in [2.45, 2.75) is 31.0 Å². The Morgan fingerprint density at radius 1 is 0.829 bits per heavy atom. The van der Waals surface area contributed by atoms with Crippen LogP contribution in [-0.2, 0) is 12.3 Å². The van der Waals surface area contributed by atoms with Crippen molar-refractivity contribution < 1.29 is 14.0 Å². The third-order valence-electron chi connectivity index (χ3n) is 6.69. The van der Waals surface area contributed by atoms with E-state index in [0.717, 1.165) is 27.1 Å². The molecule has 1 aromatic heterocycles. The molecule has 0 radical (unpaired) electrons. The fourth-order valence-corrected chi connectivity index (χ4v) is 5.59. The van der Waals surface area contributed by atoms with Crippen LogP contribution in [0.5, 0.6) is 0 Å². The number of carbonyl (C=O) groups excluding carboxylic acids is 2. The lowest BCUT2D eigenvalue weighted by Gasteiger charge is -2.13. The third kappa shape index (κ3) is 7.05. The summed E-state index contributed by atoms with van der Waals surface area (Å²) in [5.41, 5.74) is 4.67. The molecule has 2 amide bonds. The van der Waals surface area contributed by atoms with Crippen molar-refractivity contribution in [2.24, 2.45) is 5.92 Å². The number of hydrogen-bond donors (Lipinski definition) is 2. The highest BCUT2D eigenvalue weighted by atomic mass is 32.2. The second-order valence-corrected chi connectivity index (χ2v) is 11.4. The van der Waals surface area contributed by atoms with Crippen LogP contribution in [0.3, 0.4) is 0 Å². The summed E-state index contributed by atoms with van der Waals surface area (Å²) in [6, 6.07) is 31.5. The Morgan fingerprint density at radius 3 is 2.32 bits per heavy atom. The topological polar surface area (TPSA) is 63.1 Å². The Labute approximate surface area is 243 Å². The van der Waals surface area contributed by atoms with Gasteiger partial charge in [-0.25, -0.2) is 4.39 Å². The smallest absolute Gasteiger partial charge is 0.267 e. The number of carbonyl (C=O) groups is 2. The molecule has 5 aromatic rings. The molecule has 0 saturated heterocycles. The van der Waals surface area contributed by atoms with E-state index in [1.165, 1.54) is 17.7 Å². The van der Waals surface area contributed by atoms with Crippen LogP contribution in [0.25, 0.3) is 10.9 Å². The molecule has 0 saturated carbocycles. The van der Waals surface area contributed by atoms with Gasteiger partial charge in [0.05, 0.1) is 5.56 Å². The predicted octanol–water partition coefficient (Wildman–Crippen LogP) is 7.76. The largest absolute Gasteiger partial charge is 0.351 e. The molecule has 208 valence electrons. The summed E-state index contributed by atoms with van der Waals surface area (Å²) in [7, 11) is 0. The number of hydrogen-bond acceptors (Lipinski definition) is 3. The molecule has 0 aliphatic rings. The maximum absolute atomic E-state index is 13.5. The van der Waals surface area contributed by atoms with Gasteiger partial charge in [0.1, 0.15) is 11.5 Å². The monoisotopic (exact) mass is 565 g/mol. The summed E-state index contributed by atoms with van der Waals surface area (Å²) < 4.78 is 15.4. The van der Waals surface area contributed by atoms with Crippen LogP contribution in [0.2, 0.25) is 0 Å². The molecule has 1 heterocycles. The number of nitrogens with zero attached hydrogens (tertiary/aromatic N) is 1. The molecule has 5 nitrogen and oxygen atoms in total.